The highest BCUT2D eigenvalue weighted by Crippen LogP contribution is 2.31. The number of carbonyl (C=O) groups excluding carboxylic acids is 3. The van der Waals surface area contributed by atoms with Gasteiger partial charge in [-0.15, -0.1) is 0 Å². The lowest BCUT2D eigenvalue weighted by atomic mass is 10.0. The lowest BCUT2D eigenvalue weighted by molar-refractivity contribution is -0.134. The third-order valence-electron chi connectivity index (χ3n) is 7.68. The van der Waals surface area contributed by atoms with E-state index in [0.29, 0.717) is 48.2 Å². The van der Waals surface area contributed by atoms with Gasteiger partial charge in [-0.25, -0.2) is 13.9 Å². The van der Waals surface area contributed by atoms with Crippen molar-refractivity contribution in [3.8, 4) is 0 Å². The fraction of sp³-hybridized carbons (Fsp3) is 0.433. The average molecular weight is 580 g/mol. The molecular weight excluding hydrogens is 545 g/mol. The van der Waals surface area contributed by atoms with Gasteiger partial charge in [0.05, 0.1) is 30.4 Å². The molecule has 0 radical (unpaired) electrons. The molecule has 5 rings (SSSR count). The quantitative estimate of drug-likeness (QED) is 0.383. The van der Waals surface area contributed by atoms with Crippen molar-refractivity contribution in [2.24, 2.45) is 5.92 Å². The third kappa shape index (κ3) is 6.28. The van der Waals surface area contributed by atoms with E-state index in [0.717, 1.165) is 12.8 Å². The molecular formula is C30H34FN5O6. The van der Waals surface area contributed by atoms with Crippen LogP contribution in [-0.2, 0) is 27.4 Å². The average Bonchev–Trinajstić information content (AvgIpc) is 3.87. The molecule has 0 unspecified atom stereocenters. The van der Waals surface area contributed by atoms with Gasteiger partial charge in [0, 0.05) is 57.6 Å². The normalized spacial score (nSPS) is 15.1. The molecule has 1 aliphatic carbocycles. The Balaban J connectivity index is 1.39. The number of aromatic nitrogens is 2. The van der Waals surface area contributed by atoms with Crippen molar-refractivity contribution in [2.45, 2.75) is 25.9 Å². The Labute approximate surface area is 242 Å². The Bertz CT molecular complexity index is 1550. The Kier molecular flexibility index (Phi) is 8.81. The van der Waals surface area contributed by atoms with E-state index in [1.54, 1.807) is 40.1 Å². The molecule has 1 aromatic heterocycles. The smallest absolute Gasteiger partial charge is 0.411 e. The van der Waals surface area contributed by atoms with Crippen LogP contribution in [0.1, 0.15) is 34.5 Å². The number of ether oxygens (including phenoxy) is 2. The largest absolute Gasteiger partial charge is 0.453 e. The molecule has 0 atom stereocenters. The Hall–Kier alpha value is -4.32. The minimum absolute atomic E-state index is 0.0523. The SMILES string of the molecule is COCCN(Cn1nc(Cc2ccc(F)c(C(=O)N3CCN(C(=O)C4CC4)CC3)c2)c2ccccc2c1=O)C(=O)OC. The predicted octanol–water partition coefficient (Wildman–Crippen LogP) is 2.49. The van der Waals surface area contributed by atoms with E-state index >= 15 is 0 Å². The van der Waals surface area contributed by atoms with E-state index in [1.165, 1.54) is 35.9 Å². The number of fused-ring (bicyclic) bond motifs is 1. The summed E-state index contributed by atoms with van der Waals surface area (Å²) in [5, 5.41) is 5.61. The van der Waals surface area contributed by atoms with Gasteiger partial charge in [-0.05, 0) is 36.6 Å². The summed E-state index contributed by atoms with van der Waals surface area (Å²) in [4.78, 5) is 56.0. The number of methoxy groups -OCH3 is 2. The first-order chi connectivity index (χ1) is 20.3. The van der Waals surface area contributed by atoms with Gasteiger partial charge in [0.2, 0.25) is 5.91 Å². The molecule has 11 nitrogen and oxygen atoms in total. The van der Waals surface area contributed by atoms with Crippen LogP contribution in [0, 0.1) is 11.7 Å². The maximum absolute atomic E-state index is 14.9. The zero-order chi connectivity index (χ0) is 29.8. The number of amides is 3. The second-order valence-electron chi connectivity index (χ2n) is 10.5. The van der Waals surface area contributed by atoms with Crippen LogP contribution in [0.15, 0.2) is 47.3 Å². The number of rotatable bonds is 9. The van der Waals surface area contributed by atoms with E-state index in [1.807, 2.05) is 0 Å². The maximum atomic E-state index is 14.9. The van der Waals surface area contributed by atoms with Crippen LogP contribution in [0.2, 0.25) is 0 Å². The summed E-state index contributed by atoms with van der Waals surface area (Å²) >= 11 is 0. The summed E-state index contributed by atoms with van der Waals surface area (Å²) in [7, 11) is 2.76. The van der Waals surface area contributed by atoms with Gasteiger partial charge < -0.3 is 19.3 Å². The molecule has 2 fully saturated rings. The Morgan fingerprint density at radius 3 is 2.36 bits per heavy atom. The van der Waals surface area contributed by atoms with E-state index < -0.39 is 17.8 Å². The van der Waals surface area contributed by atoms with Crippen LogP contribution >= 0.6 is 0 Å². The van der Waals surface area contributed by atoms with Crippen molar-refractivity contribution >= 4 is 28.7 Å². The predicted molar refractivity (Wildman–Crippen MR) is 151 cm³/mol. The Morgan fingerprint density at radius 1 is 1.00 bits per heavy atom. The minimum Gasteiger partial charge on any atom is -0.453 e. The van der Waals surface area contributed by atoms with Crippen LogP contribution in [0.4, 0.5) is 9.18 Å². The van der Waals surface area contributed by atoms with E-state index in [4.69, 9.17) is 9.47 Å². The topological polar surface area (TPSA) is 114 Å². The highest BCUT2D eigenvalue weighted by molar-refractivity contribution is 5.95. The zero-order valence-corrected chi connectivity index (χ0v) is 23.8. The molecule has 2 heterocycles. The molecule has 1 saturated heterocycles. The van der Waals surface area contributed by atoms with Gasteiger partial charge in [-0.2, -0.15) is 5.10 Å². The summed E-state index contributed by atoms with van der Waals surface area (Å²) in [5.74, 6) is -0.795. The van der Waals surface area contributed by atoms with Crippen molar-refractivity contribution in [3.63, 3.8) is 0 Å². The zero-order valence-electron chi connectivity index (χ0n) is 23.8. The molecule has 222 valence electrons. The third-order valence-corrected chi connectivity index (χ3v) is 7.68. The van der Waals surface area contributed by atoms with E-state index in [2.05, 4.69) is 5.10 Å². The maximum Gasteiger partial charge on any atom is 0.411 e. The standard InChI is InChI=1S/C30H34FN5O6/c1-41-16-15-35(30(40)42-2)19-36-29(39)23-6-4-3-5-22(23)26(32-36)18-20-7-10-25(31)24(17-20)28(38)34-13-11-33(12-14-34)27(37)21-8-9-21/h3-7,10,17,21H,8-9,11-16,18-19H2,1-2H3. The fourth-order valence-electron chi connectivity index (χ4n) is 5.17. The molecule has 1 aliphatic heterocycles. The van der Waals surface area contributed by atoms with Crippen molar-refractivity contribution in [1.82, 2.24) is 24.5 Å². The number of hydrogen-bond acceptors (Lipinski definition) is 7. The molecule has 2 aromatic carbocycles. The summed E-state index contributed by atoms with van der Waals surface area (Å²) in [6.07, 6.45) is 1.43. The second kappa shape index (κ2) is 12.7. The van der Waals surface area contributed by atoms with Crippen molar-refractivity contribution in [2.75, 3.05) is 53.6 Å². The monoisotopic (exact) mass is 579 g/mol. The number of hydrogen-bond donors (Lipinski definition) is 0. The first-order valence-corrected chi connectivity index (χ1v) is 14.0. The lowest BCUT2D eigenvalue weighted by Crippen LogP contribution is -2.51. The van der Waals surface area contributed by atoms with Crippen molar-refractivity contribution < 1.29 is 28.2 Å². The molecule has 0 bridgehead atoms. The first kappa shape index (κ1) is 29.2. The van der Waals surface area contributed by atoms with Crippen molar-refractivity contribution in [1.29, 1.82) is 0 Å². The molecule has 3 aromatic rings. The Morgan fingerprint density at radius 2 is 1.69 bits per heavy atom. The molecule has 2 aliphatic rings. The van der Waals surface area contributed by atoms with E-state index in [9.17, 15) is 23.6 Å². The summed E-state index contributed by atoms with van der Waals surface area (Å²) in [5.41, 5.74) is 0.729. The number of benzene rings is 2. The van der Waals surface area contributed by atoms with Crippen LogP contribution < -0.4 is 5.56 Å². The van der Waals surface area contributed by atoms with Gasteiger partial charge in [0.25, 0.3) is 11.5 Å². The summed E-state index contributed by atoms with van der Waals surface area (Å²) in [6, 6.07) is 11.4. The molecule has 1 saturated carbocycles. The lowest BCUT2D eigenvalue weighted by Gasteiger charge is -2.35. The number of carbonyl (C=O) groups is 3. The number of halogens is 1. The molecule has 12 heteroatoms. The molecule has 42 heavy (non-hydrogen) atoms. The van der Waals surface area contributed by atoms with Crippen LogP contribution in [-0.4, -0.2) is 95.9 Å². The van der Waals surface area contributed by atoms with Gasteiger partial charge >= 0.3 is 6.09 Å². The van der Waals surface area contributed by atoms with Crippen LogP contribution in [0.5, 0.6) is 0 Å². The van der Waals surface area contributed by atoms with Crippen LogP contribution in [0.25, 0.3) is 10.8 Å². The van der Waals surface area contributed by atoms with Gasteiger partial charge in [-0.1, -0.05) is 24.3 Å². The molecule has 0 N–H and O–H groups in total. The molecule has 3 amide bonds. The fourth-order valence-corrected chi connectivity index (χ4v) is 5.17. The summed E-state index contributed by atoms with van der Waals surface area (Å²) < 4.78 is 26.1. The van der Waals surface area contributed by atoms with Crippen molar-refractivity contribution in [3.05, 3.63) is 75.5 Å². The minimum atomic E-state index is -0.630. The van der Waals surface area contributed by atoms with Gasteiger partial charge in [0.15, 0.2) is 0 Å². The highest BCUT2D eigenvalue weighted by Gasteiger charge is 2.35. The number of nitrogens with zero attached hydrogens (tertiary/aromatic N) is 5. The van der Waals surface area contributed by atoms with E-state index in [-0.39, 0.29) is 49.2 Å². The number of piperazine rings is 1. The summed E-state index contributed by atoms with van der Waals surface area (Å²) in [6.45, 7) is 1.83. The van der Waals surface area contributed by atoms with Crippen LogP contribution in [0.3, 0.4) is 0 Å². The van der Waals surface area contributed by atoms with Gasteiger partial charge in [-0.3, -0.25) is 19.3 Å². The highest BCUT2D eigenvalue weighted by atomic mass is 19.1. The first-order valence-electron chi connectivity index (χ1n) is 14.0. The van der Waals surface area contributed by atoms with Gasteiger partial charge in [0.1, 0.15) is 12.5 Å². The second-order valence-corrected chi connectivity index (χ2v) is 10.5. The molecule has 0 spiro atoms.